The number of rotatable bonds is 7. The maximum Gasteiger partial charge on any atom is 0.498 e. The summed E-state index contributed by atoms with van der Waals surface area (Å²) >= 11 is 0. The molecule has 0 amide bonds. The highest BCUT2D eigenvalue weighted by atomic mass is 32.3. The number of ether oxygens (including phenoxy) is 1. The fourth-order valence-electron chi connectivity index (χ4n) is 1.60. The van der Waals surface area contributed by atoms with Gasteiger partial charge in [0.15, 0.2) is 4.58 Å². The van der Waals surface area contributed by atoms with Crippen molar-refractivity contribution in [1.82, 2.24) is 0 Å². The van der Waals surface area contributed by atoms with E-state index in [1.165, 1.54) is 13.8 Å². The Hall–Kier alpha value is -1.31. The van der Waals surface area contributed by atoms with Crippen LogP contribution < -0.4 is 0 Å². The summed E-state index contributed by atoms with van der Waals surface area (Å²) in [6, 6.07) is 0. The molecule has 0 aliphatic carbocycles. The average molecular weight is 434 g/mol. The van der Waals surface area contributed by atoms with Crippen LogP contribution >= 0.6 is 0 Å². The highest BCUT2D eigenvalue weighted by molar-refractivity contribution is 8.09. The van der Waals surface area contributed by atoms with Gasteiger partial charge in [0.05, 0.1) is 0 Å². The van der Waals surface area contributed by atoms with E-state index in [0.717, 1.165) is 6.92 Å². The molecule has 1 unspecified atom stereocenters. The summed E-state index contributed by atoms with van der Waals surface area (Å²) in [6.07, 6.45) is -3.61. The van der Waals surface area contributed by atoms with E-state index < -0.39 is 59.7 Å². The topological polar surface area (TPSA) is 94.6 Å². The Morgan fingerprint density at radius 1 is 0.962 bits per heavy atom. The lowest BCUT2D eigenvalue weighted by atomic mass is 10.1. The molecule has 0 bridgehead atoms. The van der Waals surface area contributed by atoms with Gasteiger partial charge in [0.25, 0.3) is 19.7 Å². The monoisotopic (exact) mass is 434 g/mol. The molecule has 0 fully saturated rings. The Bertz CT molecular complexity index is 704. The van der Waals surface area contributed by atoms with Gasteiger partial charge in [0, 0.05) is 12.0 Å². The molecule has 0 aromatic rings. The molecule has 0 radical (unpaired) electrons. The van der Waals surface area contributed by atoms with Crippen LogP contribution in [0.4, 0.5) is 26.3 Å². The zero-order valence-electron chi connectivity index (χ0n) is 13.7. The van der Waals surface area contributed by atoms with Crippen molar-refractivity contribution in [3.63, 3.8) is 0 Å². The fourth-order valence-corrected chi connectivity index (χ4v) is 5.07. The van der Waals surface area contributed by atoms with Gasteiger partial charge in [0.2, 0.25) is 0 Å². The third-order valence-electron chi connectivity index (χ3n) is 3.11. The first-order chi connectivity index (χ1) is 11.3. The summed E-state index contributed by atoms with van der Waals surface area (Å²) in [6.45, 7) is 6.65. The molecule has 0 rings (SSSR count). The van der Waals surface area contributed by atoms with Crippen LogP contribution in [0, 0.1) is 5.92 Å². The SMILES string of the molecule is C=C(C)C(=O)OC(CC(S(=O)(=O)C(F)(F)F)S(=O)(=O)C(F)(F)F)C(C)C. The Morgan fingerprint density at radius 3 is 1.54 bits per heavy atom. The first-order valence-electron chi connectivity index (χ1n) is 6.73. The summed E-state index contributed by atoms with van der Waals surface area (Å²) in [7, 11) is -13.6. The fraction of sp³-hybridized carbons (Fsp3) is 0.750. The highest BCUT2D eigenvalue weighted by Crippen LogP contribution is 2.39. The summed E-state index contributed by atoms with van der Waals surface area (Å²) in [4.78, 5) is 11.5. The molecule has 0 N–H and O–H groups in total. The largest absolute Gasteiger partial charge is 0.498 e. The van der Waals surface area contributed by atoms with Crippen LogP contribution in [0.3, 0.4) is 0 Å². The van der Waals surface area contributed by atoms with E-state index in [4.69, 9.17) is 0 Å². The first-order valence-corrected chi connectivity index (χ1v) is 9.82. The number of carbonyl (C=O) groups is 1. The van der Waals surface area contributed by atoms with Gasteiger partial charge >= 0.3 is 17.0 Å². The number of hydrogen-bond acceptors (Lipinski definition) is 6. The lowest BCUT2D eigenvalue weighted by Gasteiger charge is -2.27. The molecule has 14 heteroatoms. The molecule has 26 heavy (non-hydrogen) atoms. The molecule has 1 atom stereocenters. The Labute approximate surface area is 146 Å². The third kappa shape index (κ3) is 5.34. The number of sulfone groups is 2. The Balaban J connectivity index is 6.29. The number of alkyl halides is 6. The molecule has 6 nitrogen and oxygen atoms in total. The van der Waals surface area contributed by atoms with Crippen molar-refractivity contribution in [3.8, 4) is 0 Å². The zero-order chi connectivity index (χ0) is 21.3. The Kier molecular flexibility index (Phi) is 7.35. The van der Waals surface area contributed by atoms with E-state index >= 15 is 0 Å². The average Bonchev–Trinajstić information content (AvgIpc) is 2.39. The maximum atomic E-state index is 12.7. The van der Waals surface area contributed by atoms with Gasteiger partial charge in [-0.15, -0.1) is 0 Å². The molecule has 0 spiro atoms. The number of esters is 1. The van der Waals surface area contributed by atoms with Gasteiger partial charge in [-0.25, -0.2) is 21.6 Å². The van der Waals surface area contributed by atoms with E-state index in [1.807, 2.05) is 0 Å². The molecule has 0 saturated heterocycles. The normalized spacial score (nSPS) is 15.2. The minimum absolute atomic E-state index is 0.274. The highest BCUT2D eigenvalue weighted by Gasteiger charge is 2.63. The van der Waals surface area contributed by atoms with E-state index in [9.17, 15) is 48.0 Å². The van der Waals surface area contributed by atoms with Crippen molar-refractivity contribution in [1.29, 1.82) is 0 Å². The summed E-state index contributed by atoms with van der Waals surface area (Å²) in [5.74, 6) is -2.22. The summed E-state index contributed by atoms with van der Waals surface area (Å²) in [5.41, 5.74) is -12.8. The van der Waals surface area contributed by atoms with Crippen molar-refractivity contribution in [2.24, 2.45) is 5.92 Å². The molecule has 0 heterocycles. The number of halogens is 6. The smallest absolute Gasteiger partial charge is 0.459 e. The number of carbonyl (C=O) groups excluding carboxylic acids is 1. The third-order valence-corrected chi connectivity index (χ3v) is 7.69. The molecule has 0 saturated carbocycles. The second kappa shape index (κ2) is 7.74. The summed E-state index contributed by atoms with van der Waals surface area (Å²) < 4.78 is 123. The van der Waals surface area contributed by atoms with Crippen molar-refractivity contribution in [2.75, 3.05) is 0 Å². The van der Waals surface area contributed by atoms with Gasteiger partial charge in [-0.1, -0.05) is 20.4 Å². The van der Waals surface area contributed by atoms with Gasteiger partial charge in [-0.05, 0) is 12.8 Å². The van der Waals surface area contributed by atoms with Crippen LogP contribution in [0.15, 0.2) is 12.2 Å². The predicted molar refractivity (Wildman–Crippen MR) is 77.9 cm³/mol. The summed E-state index contributed by atoms with van der Waals surface area (Å²) in [5, 5.41) is 0. The predicted octanol–water partition coefficient (Wildman–Crippen LogP) is 2.72. The maximum absolute atomic E-state index is 12.7. The molecular formula is C12H16F6O6S2. The molecule has 0 aliphatic rings. The van der Waals surface area contributed by atoms with Crippen LogP contribution in [0.1, 0.15) is 27.2 Å². The van der Waals surface area contributed by atoms with E-state index in [1.54, 1.807) is 0 Å². The van der Waals surface area contributed by atoms with Crippen molar-refractivity contribution < 1.29 is 52.7 Å². The minimum Gasteiger partial charge on any atom is -0.459 e. The van der Waals surface area contributed by atoms with Crippen molar-refractivity contribution in [2.45, 2.75) is 48.9 Å². The van der Waals surface area contributed by atoms with Gasteiger partial charge in [-0.3, -0.25) is 0 Å². The molecule has 154 valence electrons. The number of hydrogen-bond donors (Lipinski definition) is 0. The quantitative estimate of drug-likeness (QED) is 0.347. The van der Waals surface area contributed by atoms with E-state index in [0.29, 0.717) is 0 Å². The van der Waals surface area contributed by atoms with Gasteiger partial charge in [-0.2, -0.15) is 26.3 Å². The van der Waals surface area contributed by atoms with Crippen molar-refractivity contribution >= 4 is 25.6 Å². The van der Waals surface area contributed by atoms with Crippen LogP contribution in [0.2, 0.25) is 0 Å². The second-order valence-electron chi connectivity index (χ2n) is 5.61. The molecular weight excluding hydrogens is 418 g/mol. The van der Waals surface area contributed by atoms with Crippen LogP contribution in [0.5, 0.6) is 0 Å². The lowest BCUT2D eigenvalue weighted by Crippen LogP contribution is -2.47. The van der Waals surface area contributed by atoms with Crippen LogP contribution in [0.25, 0.3) is 0 Å². The van der Waals surface area contributed by atoms with E-state index in [-0.39, 0.29) is 5.57 Å². The standard InChI is InChI=1S/C12H16F6O6S2/c1-6(2)8(24-10(19)7(3)4)5-9(25(20,21)11(13,14)15)26(22,23)12(16,17)18/h6,8-9H,3,5H2,1-2,4H3. The Morgan fingerprint density at radius 2 is 1.31 bits per heavy atom. The van der Waals surface area contributed by atoms with Crippen LogP contribution in [-0.2, 0) is 29.2 Å². The lowest BCUT2D eigenvalue weighted by molar-refractivity contribution is -0.146. The first kappa shape index (κ1) is 24.7. The zero-order valence-corrected chi connectivity index (χ0v) is 15.3. The van der Waals surface area contributed by atoms with Gasteiger partial charge in [0.1, 0.15) is 6.10 Å². The molecule has 0 aliphatic heterocycles. The second-order valence-corrected chi connectivity index (χ2v) is 10.2. The van der Waals surface area contributed by atoms with Crippen LogP contribution in [-0.4, -0.2) is 44.5 Å². The minimum atomic E-state index is -6.79. The molecule has 0 aromatic carbocycles. The molecule has 0 aromatic heterocycles. The van der Waals surface area contributed by atoms with Crippen molar-refractivity contribution in [3.05, 3.63) is 12.2 Å². The van der Waals surface area contributed by atoms with Gasteiger partial charge < -0.3 is 4.74 Å². The van der Waals surface area contributed by atoms with E-state index in [2.05, 4.69) is 11.3 Å².